The molecule has 0 radical (unpaired) electrons. The number of benzene rings is 1. The Bertz CT molecular complexity index is 712. The van der Waals surface area contributed by atoms with E-state index in [1.807, 2.05) is 12.4 Å². The molecule has 0 aliphatic heterocycles. The maximum absolute atomic E-state index is 5.75. The van der Waals surface area contributed by atoms with Crippen molar-refractivity contribution in [3.8, 4) is 0 Å². The zero-order valence-corrected chi connectivity index (χ0v) is 10.7. The van der Waals surface area contributed by atoms with Gasteiger partial charge in [0.2, 0.25) is 0 Å². The topological polar surface area (TPSA) is 43.8 Å². The summed E-state index contributed by atoms with van der Waals surface area (Å²) < 4.78 is 2.21. The summed E-state index contributed by atoms with van der Waals surface area (Å²) in [5.74, 6) is 0.390. The molecule has 0 spiro atoms. The molecule has 2 N–H and O–H groups in total. The van der Waals surface area contributed by atoms with Crippen LogP contribution in [0.3, 0.4) is 0 Å². The van der Waals surface area contributed by atoms with Crippen molar-refractivity contribution >= 4 is 21.8 Å². The Morgan fingerprint density at radius 3 is 2.78 bits per heavy atom. The van der Waals surface area contributed by atoms with Crippen LogP contribution >= 0.6 is 0 Å². The van der Waals surface area contributed by atoms with E-state index in [1.165, 1.54) is 27.4 Å². The van der Waals surface area contributed by atoms with Gasteiger partial charge in [0.05, 0.1) is 5.52 Å². The lowest BCUT2D eigenvalue weighted by Crippen LogP contribution is -2.08. The normalized spacial score (nSPS) is 13.3. The summed E-state index contributed by atoms with van der Waals surface area (Å²) >= 11 is 0. The molecule has 1 aromatic carbocycles. The molecule has 1 unspecified atom stereocenters. The van der Waals surface area contributed by atoms with Gasteiger partial charge in [0.25, 0.3) is 0 Å². The summed E-state index contributed by atoms with van der Waals surface area (Å²) in [5.41, 5.74) is 9.50. The molecule has 0 aliphatic carbocycles. The molecule has 0 bridgehead atoms. The van der Waals surface area contributed by atoms with Crippen LogP contribution in [0, 0.1) is 0 Å². The molecular weight excluding hydrogens is 222 g/mol. The quantitative estimate of drug-likeness (QED) is 0.747. The van der Waals surface area contributed by atoms with Crippen LogP contribution in [-0.4, -0.2) is 16.1 Å². The maximum Gasteiger partial charge on any atom is 0.0519 e. The van der Waals surface area contributed by atoms with Gasteiger partial charge >= 0.3 is 0 Å². The van der Waals surface area contributed by atoms with E-state index in [0.717, 1.165) is 0 Å². The van der Waals surface area contributed by atoms with E-state index in [-0.39, 0.29) is 0 Å². The Kier molecular flexibility index (Phi) is 2.56. The van der Waals surface area contributed by atoms with E-state index in [2.05, 4.69) is 47.8 Å². The van der Waals surface area contributed by atoms with Crippen LogP contribution < -0.4 is 5.73 Å². The van der Waals surface area contributed by atoms with Crippen LogP contribution in [0.2, 0.25) is 0 Å². The van der Waals surface area contributed by atoms with Gasteiger partial charge in [-0.25, -0.2) is 0 Å². The average Bonchev–Trinajstić information content (AvgIpc) is 2.72. The molecule has 0 saturated heterocycles. The van der Waals surface area contributed by atoms with Gasteiger partial charge < -0.3 is 10.3 Å². The summed E-state index contributed by atoms with van der Waals surface area (Å²) in [4.78, 5) is 4.23. The monoisotopic (exact) mass is 239 g/mol. The molecule has 2 aromatic heterocycles. The van der Waals surface area contributed by atoms with Crippen molar-refractivity contribution in [3.05, 3.63) is 42.2 Å². The van der Waals surface area contributed by atoms with Crippen molar-refractivity contribution in [3.63, 3.8) is 0 Å². The molecule has 0 amide bonds. The average molecular weight is 239 g/mol. The number of nitrogens with zero attached hydrogens (tertiary/aromatic N) is 2. The summed E-state index contributed by atoms with van der Waals surface area (Å²) in [6, 6.07) is 8.65. The number of fused-ring (bicyclic) bond motifs is 3. The highest BCUT2D eigenvalue weighted by Crippen LogP contribution is 2.29. The maximum atomic E-state index is 5.75. The molecule has 3 rings (SSSR count). The fourth-order valence-electron chi connectivity index (χ4n) is 2.52. The molecule has 92 valence electrons. The number of aryl methyl sites for hydroxylation is 1. The van der Waals surface area contributed by atoms with Gasteiger partial charge in [0, 0.05) is 35.7 Å². The number of aromatic nitrogens is 2. The van der Waals surface area contributed by atoms with Crippen LogP contribution in [0.15, 0.2) is 36.7 Å². The highest BCUT2D eigenvalue weighted by molar-refractivity contribution is 6.07. The van der Waals surface area contributed by atoms with Crippen LogP contribution in [0.1, 0.15) is 18.4 Å². The predicted octanol–water partition coefficient (Wildman–Crippen LogP) is 2.79. The molecular formula is C15H17N3. The lowest BCUT2D eigenvalue weighted by atomic mass is 9.99. The molecule has 0 aliphatic rings. The minimum atomic E-state index is 0.390. The summed E-state index contributed by atoms with van der Waals surface area (Å²) in [7, 11) is 2.09. The zero-order valence-electron chi connectivity index (χ0n) is 10.7. The van der Waals surface area contributed by atoms with E-state index in [9.17, 15) is 0 Å². The Morgan fingerprint density at radius 2 is 2.00 bits per heavy atom. The molecule has 2 heterocycles. The zero-order chi connectivity index (χ0) is 12.7. The van der Waals surface area contributed by atoms with Gasteiger partial charge in [0.1, 0.15) is 0 Å². The molecule has 3 heteroatoms. The Labute approximate surface area is 106 Å². The number of hydrogen-bond donors (Lipinski definition) is 1. The van der Waals surface area contributed by atoms with Crippen LogP contribution in [0.25, 0.3) is 21.8 Å². The Balaban J connectivity index is 2.36. The third kappa shape index (κ3) is 1.51. The van der Waals surface area contributed by atoms with Gasteiger partial charge in [-0.2, -0.15) is 0 Å². The molecule has 0 saturated carbocycles. The SMILES string of the molecule is CC(CN)c1ccc2c(c1)c1cnccc1n2C. The molecule has 3 nitrogen and oxygen atoms in total. The standard InChI is InChI=1S/C15H17N3/c1-10(8-16)11-3-4-14-12(7-11)13-9-17-6-5-15(13)18(14)2/h3-7,9-10H,8,16H2,1-2H3. The van der Waals surface area contributed by atoms with Crippen LogP contribution in [0.4, 0.5) is 0 Å². The fourth-order valence-corrected chi connectivity index (χ4v) is 2.52. The van der Waals surface area contributed by atoms with Crippen molar-refractivity contribution in [2.75, 3.05) is 6.54 Å². The van der Waals surface area contributed by atoms with Crippen LogP contribution in [-0.2, 0) is 7.05 Å². The second-order valence-electron chi connectivity index (χ2n) is 4.87. The summed E-state index contributed by atoms with van der Waals surface area (Å²) in [6.07, 6.45) is 3.78. The second-order valence-corrected chi connectivity index (χ2v) is 4.87. The molecule has 1 atom stereocenters. The minimum absolute atomic E-state index is 0.390. The van der Waals surface area contributed by atoms with E-state index >= 15 is 0 Å². The van der Waals surface area contributed by atoms with E-state index in [4.69, 9.17) is 5.73 Å². The molecule has 3 aromatic rings. The van der Waals surface area contributed by atoms with Crippen molar-refractivity contribution in [1.29, 1.82) is 0 Å². The first-order chi connectivity index (χ1) is 8.72. The fraction of sp³-hybridized carbons (Fsp3) is 0.267. The first-order valence-corrected chi connectivity index (χ1v) is 6.24. The summed E-state index contributed by atoms with van der Waals surface area (Å²) in [6.45, 7) is 2.83. The van der Waals surface area contributed by atoms with E-state index in [0.29, 0.717) is 12.5 Å². The Morgan fingerprint density at radius 1 is 1.22 bits per heavy atom. The number of nitrogens with two attached hydrogens (primary N) is 1. The van der Waals surface area contributed by atoms with Crippen LogP contribution in [0.5, 0.6) is 0 Å². The third-order valence-corrected chi connectivity index (χ3v) is 3.75. The first kappa shape index (κ1) is 11.2. The largest absolute Gasteiger partial charge is 0.344 e. The summed E-state index contributed by atoms with van der Waals surface area (Å²) in [5, 5.41) is 2.47. The van der Waals surface area contributed by atoms with Crippen molar-refractivity contribution in [1.82, 2.24) is 9.55 Å². The number of pyridine rings is 1. The highest BCUT2D eigenvalue weighted by Gasteiger charge is 2.10. The van der Waals surface area contributed by atoms with Gasteiger partial charge in [-0.05, 0) is 36.2 Å². The van der Waals surface area contributed by atoms with Gasteiger partial charge in [-0.15, -0.1) is 0 Å². The van der Waals surface area contributed by atoms with Crippen molar-refractivity contribution < 1.29 is 0 Å². The predicted molar refractivity (Wildman–Crippen MR) is 75.7 cm³/mol. The van der Waals surface area contributed by atoms with Gasteiger partial charge in [-0.1, -0.05) is 13.0 Å². The molecule has 18 heavy (non-hydrogen) atoms. The smallest absolute Gasteiger partial charge is 0.0519 e. The highest BCUT2D eigenvalue weighted by atomic mass is 14.9. The Hall–Kier alpha value is -1.87. The first-order valence-electron chi connectivity index (χ1n) is 6.24. The second kappa shape index (κ2) is 4.10. The lowest BCUT2D eigenvalue weighted by molar-refractivity contribution is 0.775. The van der Waals surface area contributed by atoms with E-state index in [1.54, 1.807) is 0 Å². The van der Waals surface area contributed by atoms with Gasteiger partial charge in [0.15, 0.2) is 0 Å². The number of hydrogen-bond acceptors (Lipinski definition) is 2. The van der Waals surface area contributed by atoms with Gasteiger partial charge in [-0.3, -0.25) is 4.98 Å². The minimum Gasteiger partial charge on any atom is -0.344 e. The lowest BCUT2D eigenvalue weighted by Gasteiger charge is -2.09. The number of rotatable bonds is 2. The third-order valence-electron chi connectivity index (χ3n) is 3.75. The van der Waals surface area contributed by atoms with Crippen molar-refractivity contribution in [2.45, 2.75) is 12.8 Å². The van der Waals surface area contributed by atoms with E-state index < -0.39 is 0 Å². The van der Waals surface area contributed by atoms with Crippen molar-refractivity contribution in [2.24, 2.45) is 12.8 Å². The molecule has 0 fully saturated rings.